The predicted octanol–water partition coefficient (Wildman–Crippen LogP) is 3.53. The van der Waals surface area contributed by atoms with Gasteiger partial charge in [0.2, 0.25) is 0 Å². The normalized spacial score (nSPS) is 12.0. The van der Waals surface area contributed by atoms with E-state index in [4.69, 9.17) is 9.15 Å². The first kappa shape index (κ1) is 17.7. The number of ether oxygens (including phenoxy) is 1. The van der Waals surface area contributed by atoms with Gasteiger partial charge in [-0.15, -0.1) is 0 Å². The minimum absolute atomic E-state index is 0.162. The maximum Gasteiger partial charge on any atom is 0.336 e. The van der Waals surface area contributed by atoms with Crippen molar-refractivity contribution in [1.82, 2.24) is 4.90 Å². The van der Waals surface area contributed by atoms with E-state index in [1.165, 1.54) is 23.1 Å². The Kier molecular flexibility index (Phi) is 5.02. The molecule has 0 radical (unpaired) electrons. The smallest absolute Gasteiger partial charge is 0.336 e. The van der Waals surface area contributed by atoms with E-state index in [9.17, 15) is 14.0 Å². The quantitative estimate of drug-likeness (QED) is 0.657. The zero-order chi connectivity index (χ0) is 18.7. The first-order chi connectivity index (χ1) is 12.4. The number of amides is 1. The molecule has 0 bridgehead atoms. The van der Waals surface area contributed by atoms with Gasteiger partial charge in [-0.3, -0.25) is 4.79 Å². The number of carbonyl (C=O) groups is 1. The summed E-state index contributed by atoms with van der Waals surface area (Å²) in [6.45, 7) is 1.69. The van der Waals surface area contributed by atoms with Crippen LogP contribution in [0.1, 0.15) is 18.5 Å². The molecule has 0 aliphatic heterocycles. The molecule has 1 aromatic heterocycles. The zero-order valence-electron chi connectivity index (χ0n) is 14.4. The van der Waals surface area contributed by atoms with Crippen LogP contribution in [0.3, 0.4) is 0 Å². The summed E-state index contributed by atoms with van der Waals surface area (Å²) < 4.78 is 23.7. The van der Waals surface area contributed by atoms with Crippen LogP contribution >= 0.6 is 0 Å². The van der Waals surface area contributed by atoms with E-state index < -0.39 is 5.63 Å². The van der Waals surface area contributed by atoms with Crippen molar-refractivity contribution in [3.63, 3.8) is 0 Å². The van der Waals surface area contributed by atoms with Crippen LogP contribution in [0.4, 0.5) is 4.39 Å². The highest BCUT2D eigenvalue weighted by Gasteiger charge is 2.18. The Morgan fingerprint density at radius 2 is 1.85 bits per heavy atom. The molecular weight excluding hydrogens is 337 g/mol. The predicted molar refractivity (Wildman–Crippen MR) is 95.6 cm³/mol. The highest BCUT2D eigenvalue weighted by atomic mass is 19.1. The fourth-order valence-corrected chi connectivity index (χ4v) is 2.56. The van der Waals surface area contributed by atoms with Crippen molar-refractivity contribution in [2.24, 2.45) is 0 Å². The van der Waals surface area contributed by atoms with Crippen LogP contribution in [0.5, 0.6) is 5.75 Å². The van der Waals surface area contributed by atoms with Gasteiger partial charge in [-0.2, -0.15) is 0 Å². The summed E-state index contributed by atoms with van der Waals surface area (Å²) in [6, 6.07) is 13.8. The fraction of sp³-hybridized carbons (Fsp3) is 0.200. The fourth-order valence-electron chi connectivity index (χ4n) is 2.56. The molecule has 0 saturated heterocycles. The van der Waals surface area contributed by atoms with Gasteiger partial charge in [-0.1, -0.05) is 12.1 Å². The summed E-state index contributed by atoms with van der Waals surface area (Å²) in [5.41, 5.74) is 0.781. The number of likely N-dealkylation sites (N-methyl/N-ethyl adjacent to an activating group) is 1. The Bertz CT molecular complexity index is 981. The number of halogens is 1. The third kappa shape index (κ3) is 3.91. The van der Waals surface area contributed by atoms with E-state index >= 15 is 0 Å². The number of carbonyl (C=O) groups excluding carboxylic acids is 1. The molecule has 134 valence electrons. The van der Waals surface area contributed by atoms with E-state index in [0.717, 1.165) is 10.9 Å². The first-order valence-electron chi connectivity index (χ1n) is 8.12. The molecule has 3 rings (SSSR count). The summed E-state index contributed by atoms with van der Waals surface area (Å²) in [5, 5.41) is 0.769. The Morgan fingerprint density at radius 1 is 1.15 bits per heavy atom. The molecule has 26 heavy (non-hydrogen) atoms. The van der Waals surface area contributed by atoms with Gasteiger partial charge in [0.05, 0.1) is 6.04 Å². The van der Waals surface area contributed by atoms with Gasteiger partial charge >= 0.3 is 5.63 Å². The second-order valence-corrected chi connectivity index (χ2v) is 5.97. The number of nitrogens with zero attached hydrogens (tertiary/aromatic N) is 1. The summed E-state index contributed by atoms with van der Waals surface area (Å²) >= 11 is 0. The lowest BCUT2D eigenvalue weighted by atomic mass is 10.1. The van der Waals surface area contributed by atoms with Crippen molar-refractivity contribution in [1.29, 1.82) is 0 Å². The minimum atomic E-state index is -0.446. The van der Waals surface area contributed by atoms with Crippen LogP contribution in [0.15, 0.2) is 63.8 Å². The molecule has 1 unspecified atom stereocenters. The lowest BCUT2D eigenvalue weighted by Gasteiger charge is -2.25. The summed E-state index contributed by atoms with van der Waals surface area (Å²) in [7, 11) is 1.67. The van der Waals surface area contributed by atoms with Crippen LogP contribution in [0.25, 0.3) is 11.0 Å². The number of hydrogen-bond donors (Lipinski definition) is 0. The van der Waals surface area contributed by atoms with Crippen molar-refractivity contribution in [3.05, 3.63) is 76.4 Å². The Morgan fingerprint density at radius 3 is 2.58 bits per heavy atom. The highest BCUT2D eigenvalue weighted by Crippen LogP contribution is 2.21. The topological polar surface area (TPSA) is 59.8 Å². The molecule has 0 aliphatic rings. The minimum Gasteiger partial charge on any atom is -0.484 e. The van der Waals surface area contributed by atoms with Gasteiger partial charge in [0, 0.05) is 24.6 Å². The molecule has 5 nitrogen and oxygen atoms in total. The Balaban J connectivity index is 1.66. The lowest BCUT2D eigenvalue weighted by molar-refractivity contribution is -0.134. The van der Waals surface area contributed by atoms with E-state index in [0.29, 0.717) is 11.3 Å². The molecular formula is C20H18FNO4. The highest BCUT2D eigenvalue weighted by molar-refractivity contribution is 5.79. The molecule has 1 atom stereocenters. The molecule has 0 aliphatic carbocycles. The molecule has 1 amide bonds. The Labute approximate surface area is 149 Å². The summed E-state index contributed by atoms with van der Waals surface area (Å²) in [5.74, 6) is -0.110. The molecule has 0 spiro atoms. The Hall–Kier alpha value is -3.15. The van der Waals surface area contributed by atoms with Crippen LogP contribution in [-0.4, -0.2) is 24.5 Å². The standard InChI is InChI=1S/C20H18FNO4/c1-13(14-3-7-16(21)8-4-14)22(2)19(23)12-25-17-9-5-15-6-10-20(24)26-18(15)11-17/h3-11,13H,12H2,1-2H3. The number of hydrogen-bond acceptors (Lipinski definition) is 4. The second-order valence-electron chi connectivity index (χ2n) is 5.97. The van der Waals surface area contributed by atoms with Crippen LogP contribution in [0, 0.1) is 5.82 Å². The molecule has 2 aromatic carbocycles. The van der Waals surface area contributed by atoms with Crippen molar-refractivity contribution < 1.29 is 18.3 Å². The van der Waals surface area contributed by atoms with E-state index in [1.807, 2.05) is 6.92 Å². The molecule has 1 heterocycles. The van der Waals surface area contributed by atoms with Crippen LogP contribution in [-0.2, 0) is 4.79 Å². The maximum atomic E-state index is 13.0. The van der Waals surface area contributed by atoms with E-state index in [2.05, 4.69) is 0 Å². The monoisotopic (exact) mass is 355 g/mol. The molecule has 0 saturated carbocycles. The van der Waals surface area contributed by atoms with Gasteiger partial charge in [0.15, 0.2) is 6.61 Å². The maximum absolute atomic E-state index is 13.0. The number of benzene rings is 2. The summed E-state index contributed by atoms with van der Waals surface area (Å²) in [4.78, 5) is 25.2. The van der Waals surface area contributed by atoms with Gasteiger partial charge < -0.3 is 14.1 Å². The van der Waals surface area contributed by atoms with Gasteiger partial charge in [0.1, 0.15) is 17.1 Å². The van der Waals surface area contributed by atoms with E-state index in [-0.39, 0.29) is 24.4 Å². The van der Waals surface area contributed by atoms with Crippen molar-refractivity contribution in [2.45, 2.75) is 13.0 Å². The average molecular weight is 355 g/mol. The van der Waals surface area contributed by atoms with Gasteiger partial charge in [-0.25, -0.2) is 9.18 Å². The second kappa shape index (κ2) is 7.39. The van der Waals surface area contributed by atoms with Crippen molar-refractivity contribution >= 4 is 16.9 Å². The van der Waals surface area contributed by atoms with Crippen molar-refractivity contribution in [3.8, 4) is 5.75 Å². The van der Waals surface area contributed by atoms with Gasteiger partial charge in [0.25, 0.3) is 5.91 Å². The molecule has 0 N–H and O–H groups in total. The van der Waals surface area contributed by atoms with Gasteiger partial charge in [-0.05, 0) is 42.8 Å². The lowest BCUT2D eigenvalue weighted by Crippen LogP contribution is -2.33. The zero-order valence-corrected chi connectivity index (χ0v) is 14.4. The van der Waals surface area contributed by atoms with E-state index in [1.54, 1.807) is 43.4 Å². The number of fused-ring (bicyclic) bond motifs is 1. The summed E-state index contributed by atoms with van der Waals surface area (Å²) in [6.07, 6.45) is 0. The molecule has 6 heteroatoms. The first-order valence-corrected chi connectivity index (χ1v) is 8.12. The number of rotatable bonds is 5. The largest absolute Gasteiger partial charge is 0.484 e. The third-order valence-electron chi connectivity index (χ3n) is 4.28. The molecule has 0 fully saturated rings. The average Bonchev–Trinajstić information content (AvgIpc) is 2.65. The van der Waals surface area contributed by atoms with Crippen LogP contribution in [0.2, 0.25) is 0 Å². The molecule has 3 aromatic rings. The SMILES string of the molecule is CC(c1ccc(F)cc1)N(C)C(=O)COc1ccc2ccc(=O)oc2c1. The van der Waals surface area contributed by atoms with Crippen LogP contribution < -0.4 is 10.4 Å². The third-order valence-corrected chi connectivity index (χ3v) is 4.28. The van der Waals surface area contributed by atoms with Crippen molar-refractivity contribution in [2.75, 3.05) is 13.7 Å².